The van der Waals surface area contributed by atoms with Crippen LogP contribution >= 0.6 is 0 Å². The van der Waals surface area contributed by atoms with E-state index in [1.807, 2.05) is 13.8 Å². The monoisotopic (exact) mass is 236 g/mol. The van der Waals surface area contributed by atoms with Gasteiger partial charge in [-0.05, 0) is 43.1 Å². The second-order valence-corrected chi connectivity index (χ2v) is 5.91. The van der Waals surface area contributed by atoms with E-state index >= 15 is 0 Å². The zero-order valence-electron chi connectivity index (χ0n) is 12.3. The van der Waals surface area contributed by atoms with Gasteiger partial charge in [-0.25, -0.2) is 0 Å². The van der Waals surface area contributed by atoms with Crippen LogP contribution < -0.4 is 5.32 Å². The maximum Gasteiger partial charge on any atom is 0.115 e. The van der Waals surface area contributed by atoms with E-state index in [1.165, 1.54) is 30.5 Å². The van der Waals surface area contributed by atoms with Gasteiger partial charge in [0.1, 0.15) is 6.17 Å². The van der Waals surface area contributed by atoms with Crippen molar-refractivity contribution in [3.05, 3.63) is 11.3 Å². The van der Waals surface area contributed by atoms with Crippen LogP contribution in [0.1, 0.15) is 60.8 Å². The van der Waals surface area contributed by atoms with Gasteiger partial charge in [0.2, 0.25) is 0 Å². The summed E-state index contributed by atoms with van der Waals surface area (Å²) >= 11 is 0. The lowest BCUT2D eigenvalue weighted by Gasteiger charge is -2.37. The molecule has 0 aromatic heterocycles. The smallest absolute Gasteiger partial charge is 0.115 e. The van der Waals surface area contributed by atoms with E-state index in [4.69, 9.17) is 0 Å². The van der Waals surface area contributed by atoms with Gasteiger partial charge in [-0.15, -0.1) is 0 Å². The third-order valence-electron chi connectivity index (χ3n) is 3.66. The minimum absolute atomic E-state index is 0.273. The molecule has 0 saturated heterocycles. The summed E-state index contributed by atoms with van der Waals surface area (Å²) in [5.74, 6) is 0.804. The first-order chi connectivity index (χ1) is 7.97. The van der Waals surface area contributed by atoms with Crippen molar-refractivity contribution in [2.24, 2.45) is 16.3 Å². The number of allylic oxidation sites excluding steroid dienone is 2. The molecule has 0 saturated carbocycles. The molecule has 98 valence electrons. The Kier molecular flexibility index (Phi) is 4.79. The van der Waals surface area contributed by atoms with Gasteiger partial charge in [-0.3, -0.25) is 4.99 Å². The molecule has 2 nitrogen and oxygen atoms in total. The van der Waals surface area contributed by atoms with Crippen molar-refractivity contribution in [3.8, 4) is 0 Å². The molecule has 2 rings (SSSR count). The standard InChI is InChI=1S/C13H22N2.C2H6/c1-9-14-8-10-7-11(13(2,3)4)5-6-12(10)15-9;1-2/h8-9,11,15H,5-7H2,1-4H3;1-2H3. The summed E-state index contributed by atoms with van der Waals surface area (Å²) < 4.78 is 0. The van der Waals surface area contributed by atoms with Gasteiger partial charge in [-0.2, -0.15) is 0 Å². The van der Waals surface area contributed by atoms with Crippen molar-refractivity contribution in [3.63, 3.8) is 0 Å². The van der Waals surface area contributed by atoms with Crippen LogP contribution in [0, 0.1) is 11.3 Å². The first-order valence-electron chi connectivity index (χ1n) is 6.98. The highest BCUT2D eigenvalue weighted by Crippen LogP contribution is 2.39. The lowest BCUT2D eigenvalue weighted by atomic mass is 9.71. The second kappa shape index (κ2) is 5.70. The molecule has 2 heteroatoms. The third-order valence-corrected chi connectivity index (χ3v) is 3.66. The van der Waals surface area contributed by atoms with Gasteiger partial charge >= 0.3 is 0 Å². The van der Waals surface area contributed by atoms with Crippen molar-refractivity contribution >= 4 is 6.21 Å². The molecule has 1 heterocycles. The lowest BCUT2D eigenvalue weighted by Crippen LogP contribution is -2.34. The van der Waals surface area contributed by atoms with Crippen LogP contribution in [0.2, 0.25) is 0 Å². The van der Waals surface area contributed by atoms with Crippen LogP contribution in [0.15, 0.2) is 16.3 Å². The fraction of sp³-hybridized carbons (Fsp3) is 0.800. The van der Waals surface area contributed by atoms with E-state index in [0.717, 1.165) is 5.92 Å². The van der Waals surface area contributed by atoms with Gasteiger partial charge in [0.25, 0.3) is 0 Å². The predicted octanol–water partition coefficient (Wildman–Crippen LogP) is 4.13. The number of hydrogen-bond donors (Lipinski definition) is 1. The molecule has 1 aliphatic heterocycles. The summed E-state index contributed by atoms with van der Waals surface area (Å²) in [6.07, 6.45) is 6.08. The number of nitrogens with zero attached hydrogens (tertiary/aromatic N) is 1. The van der Waals surface area contributed by atoms with Crippen molar-refractivity contribution in [1.29, 1.82) is 0 Å². The maximum atomic E-state index is 4.44. The van der Waals surface area contributed by atoms with Crippen molar-refractivity contribution < 1.29 is 0 Å². The van der Waals surface area contributed by atoms with E-state index in [0.29, 0.717) is 5.41 Å². The minimum atomic E-state index is 0.273. The maximum absolute atomic E-state index is 4.44. The summed E-state index contributed by atoms with van der Waals surface area (Å²) in [4.78, 5) is 4.44. The molecule has 2 unspecified atom stereocenters. The molecule has 0 aromatic rings. The molecular formula is C15H28N2. The third kappa shape index (κ3) is 3.58. The quantitative estimate of drug-likeness (QED) is 0.672. The molecule has 1 aliphatic carbocycles. The molecule has 0 amide bonds. The minimum Gasteiger partial charge on any atom is -0.367 e. The van der Waals surface area contributed by atoms with Crippen LogP contribution in [-0.2, 0) is 0 Å². The molecule has 0 bridgehead atoms. The molecule has 0 aromatic carbocycles. The number of aliphatic imine (C=N–C) groups is 1. The number of rotatable bonds is 0. The van der Waals surface area contributed by atoms with E-state index in [1.54, 1.807) is 0 Å². The first kappa shape index (κ1) is 14.3. The summed E-state index contributed by atoms with van der Waals surface area (Å²) in [5.41, 5.74) is 3.31. The first-order valence-corrected chi connectivity index (χ1v) is 6.98. The molecular weight excluding hydrogens is 208 g/mol. The highest BCUT2D eigenvalue weighted by atomic mass is 15.1. The van der Waals surface area contributed by atoms with E-state index in [2.05, 4.69) is 44.2 Å². The summed E-state index contributed by atoms with van der Waals surface area (Å²) in [6, 6.07) is 0. The summed E-state index contributed by atoms with van der Waals surface area (Å²) in [5, 5.41) is 3.47. The molecule has 1 N–H and O–H groups in total. The van der Waals surface area contributed by atoms with Gasteiger partial charge in [-0.1, -0.05) is 34.6 Å². The fourth-order valence-corrected chi connectivity index (χ4v) is 2.50. The van der Waals surface area contributed by atoms with E-state index in [-0.39, 0.29) is 6.17 Å². The van der Waals surface area contributed by atoms with Crippen molar-refractivity contribution in [1.82, 2.24) is 5.32 Å². The molecule has 17 heavy (non-hydrogen) atoms. The zero-order chi connectivity index (χ0) is 13.1. The molecule has 0 spiro atoms. The van der Waals surface area contributed by atoms with E-state index in [9.17, 15) is 0 Å². The molecule has 2 atom stereocenters. The van der Waals surface area contributed by atoms with Crippen LogP contribution in [0.3, 0.4) is 0 Å². The highest BCUT2D eigenvalue weighted by Gasteiger charge is 2.30. The number of hydrogen-bond acceptors (Lipinski definition) is 2. The Morgan fingerprint density at radius 3 is 2.53 bits per heavy atom. The van der Waals surface area contributed by atoms with Crippen LogP contribution in [0.4, 0.5) is 0 Å². The van der Waals surface area contributed by atoms with Crippen molar-refractivity contribution in [2.75, 3.05) is 0 Å². The molecule has 0 radical (unpaired) electrons. The molecule has 2 aliphatic rings. The number of nitrogens with one attached hydrogen (secondary N) is 1. The Morgan fingerprint density at radius 1 is 1.29 bits per heavy atom. The van der Waals surface area contributed by atoms with Gasteiger partial charge in [0.05, 0.1) is 0 Å². The van der Waals surface area contributed by atoms with Crippen molar-refractivity contribution in [2.45, 2.75) is 67.0 Å². The fourth-order valence-electron chi connectivity index (χ4n) is 2.50. The topological polar surface area (TPSA) is 24.4 Å². The zero-order valence-corrected chi connectivity index (χ0v) is 12.3. The van der Waals surface area contributed by atoms with Crippen LogP contribution in [0.5, 0.6) is 0 Å². The Hall–Kier alpha value is -0.790. The predicted molar refractivity (Wildman–Crippen MR) is 76.3 cm³/mol. The van der Waals surface area contributed by atoms with Gasteiger partial charge < -0.3 is 5.32 Å². The Labute approximate surface area is 107 Å². The summed E-state index contributed by atoms with van der Waals surface area (Å²) in [6.45, 7) is 13.1. The Bertz CT molecular complexity index is 307. The highest BCUT2D eigenvalue weighted by molar-refractivity contribution is 5.81. The average molecular weight is 236 g/mol. The second-order valence-electron chi connectivity index (χ2n) is 5.91. The molecule has 0 fully saturated rings. The SMILES string of the molecule is CC.CC1N=CC2=C(CCC(C(C)(C)C)C2)N1. The van der Waals surface area contributed by atoms with E-state index < -0.39 is 0 Å². The Morgan fingerprint density at radius 2 is 1.94 bits per heavy atom. The summed E-state index contributed by atoms with van der Waals surface area (Å²) in [7, 11) is 0. The van der Waals surface area contributed by atoms with Gasteiger partial charge in [0, 0.05) is 11.9 Å². The average Bonchev–Trinajstić information content (AvgIpc) is 2.29. The lowest BCUT2D eigenvalue weighted by molar-refractivity contribution is 0.215. The normalized spacial score (nSPS) is 27.9. The Balaban J connectivity index is 0.000000686. The van der Waals surface area contributed by atoms with Crippen LogP contribution in [0.25, 0.3) is 0 Å². The van der Waals surface area contributed by atoms with Gasteiger partial charge in [0.15, 0.2) is 0 Å². The van der Waals surface area contributed by atoms with Crippen LogP contribution in [-0.4, -0.2) is 12.4 Å². The largest absolute Gasteiger partial charge is 0.367 e.